The Morgan fingerprint density at radius 3 is 1.87 bits per heavy atom. The Balaban J connectivity index is 1.18. The van der Waals surface area contributed by atoms with E-state index in [2.05, 4.69) is 41.9 Å². The summed E-state index contributed by atoms with van der Waals surface area (Å²) in [6, 6.07) is 16.4. The number of nitrogens with zero attached hydrogens (tertiary/aromatic N) is 4. The van der Waals surface area contributed by atoms with Gasteiger partial charge in [0.15, 0.2) is 5.71 Å². The molecule has 0 atom stereocenters. The van der Waals surface area contributed by atoms with E-state index in [1.807, 2.05) is 0 Å². The number of fused-ring (bicyclic) bond motifs is 1. The number of aliphatic carboxylic acids is 1. The van der Waals surface area contributed by atoms with Crippen molar-refractivity contribution < 1.29 is 63.2 Å². The first-order valence-corrected chi connectivity index (χ1v) is 21.7. The molecular weight excluding hydrogens is 891 g/mol. The number of anilines is 4. The van der Waals surface area contributed by atoms with Crippen LogP contribution < -0.4 is 27.2 Å². The highest BCUT2D eigenvalue weighted by atomic mass is 32.2. The van der Waals surface area contributed by atoms with Gasteiger partial charge in [-0.1, -0.05) is 0 Å². The van der Waals surface area contributed by atoms with Crippen molar-refractivity contribution in [1.29, 1.82) is 0 Å². The van der Waals surface area contributed by atoms with Gasteiger partial charge >= 0.3 is 5.97 Å². The molecule has 0 unspecified atom stereocenters. The van der Waals surface area contributed by atoms with Crippen LogP contribution in [0.5, 0.6) is 0 Å². The number of carboxylic acids is 1. The fourth-order valence-corrected chi connectivity index (χ4v) is 7.37. The van der Waals surface area contributed by atoms with E-state index < -0.39 is 96.7 Å². The molecule has 4 aromatic rings. The average Bonchev–Trinajstić information content (AvgIpc) is 3.21. The topological polar surface area (TPSA) is 375 Å². The number of hydrazone groups is 2. The fourth-order valence-electron chi connectivity index (χ4n) is 5.56. The second-order valence-electron chi connectivity index (χ2n) is 12.9. The van der Waals surface area contributed by atoms with Gasteiger partial charge in [0.05, 0.1) is 33.2 Å². The van der Waals surface area contributed by atoms with E-state index in [-0.39, 0.29) is 29.2 Å². The summed E-state index contributed by atoms with van der Waals surface area (Å²) >= 11 is 0. The van der Waals surface area contributed by atoms with Gasteiger partial charge in [-0.2, -0.15) is 40.6 Å². The predicted octanol–water partition coefficient (Wildman–Crippen LogP) is 3.79. The second-order valence-corrected chi connectivity index (χ2v) is 17.1. The molecule has 2 aliphatic rings. The molecule has 23 nitrogen and oxygen atoms in total. The van der Waals surface area contributed by atoms with Crippen LogP contribution in [-0.4, -0.2) is 85.4 Å². The maximum Gasteiger partial charge on any atom is 0.322 e. The third-order valence-electron chi connectivity index (χ3n) is 8.55. The van der Waals surface area contributed by atoms with Crippen molar-refractivity contribution in [2.75, 3.05) is 28.4 Å². The third-order valence-corrected chi connectivity index (χ3v) is 11.1. The summed E-state index contributed by atoms with van der Waals surface area (Å²) in [6.45, 7) is -0.366. The molecule has 4 aromatic carbocycles. The molecule has 0 aliphatic heterocycles. The lowest BCUT2D eigenvalue weighted by Gasteiger charge is -2.20. The van der Waals surface area contributed by atoms with Crippen LogP contribution in [0.4, 0.5) is 34.1 Å². The van der Waals surface area contributed by atoms with Gasteiger partial charge in [0.25, 0.3) is 36.3 Å². The third kappa shape index (κ3) is 10.8. The standard InChI is InChI=1S/C37H29N9O14S3/c38-33-32-20(16-30(63(58,59)60)35(36(32)50)46-43-24-9-12-26(13-10-24)61(52,53)54)15-29(62(55,56)57)34(33)45-42-22-3-1-19(2-4-22)37(51)40-21-5-7-23(8-6-21)41-44-27-14-11-25(17-28(27)47)39-18-31(48)49/h1-17,39,41,43H,18,38H2,(H,40,51)(H,48,49)(H,52,53,54)(H,55,56,57)(H,58,59,60). The number of Topliss-reactive ketones (excluding diaryl/α,β-unsaturated/α-hetero) is 1. The van der Waals surface area contributed by atoms with Crippen molar-refractivity contribution in [3.05, 3.63) is 124 Å². The van der Waals surface area contributed by atoms with Crippen molar-refractivity contribution in [2.45, 2.75) is 9.79 Å². The SMILES string of the molecule is Nc1c(N=Nc2ccc(C(=O)Nc3ccc(NN=C4C=CC(NCC(=O)O)=CC4=O)cc3)cc2)c(S(=O)(=O)O)cc2c1C(=O)C(=NNc1ccc(S(=O)(=O)O)cc1)C(S(=O)(=O)O)=C2. The van der Waals surface area contributed by atoms with E-state index in [1.165, 1.54) is 42.5 Å². The first-order chi connectivity index (χ1) is 29.6. The minimum atomic E-state index is -5.24. The summed E-state index contributed by atoms with van der Waals surface area (Å²) in [5, 5.41) is 29.6. The quantitative estimate of drug-likeness (QED) is 0.0285. The highest BCUT2D eigenvalue weighted by Crippen LogP contribution is 2.41. The van der Waals surface area contributed by atoms with Crippen LogP contribution in [0, 0.1) is 0 Å². The Morgan fingerprint density at radius 1 is 0.698 bits per heavy atom. The number of carboxylic acid groups (broad SMARTS) is 1. The normalized spacial score (nSPS) is 15.5. The van der Waals surface area contributed by atoms with E-state index in [4.69, 9.17) is 10.8 Å². The number of hydrogen-bond donors (Lipinski definition) is 9. The number of amides is 1. The highest BCUT2D eigenvalue weighted by molar-refractivity contribution is 7.91. The molecule has 0 saturated carbocycles. The summed E-state index contributed by atoms with van der Waals surface area (Å²) < 4.78 is 101. The lowest BCUT2D eigenvalue weighted by molar-refractivity contribution is -0.135. The molecule has 0 bridgehead atoms. The molecule has 0 saturated heterocycles. The summed E-state index contributed by atoms with van der Waals surface area (Å²) in [4.78, 5) is 47.2. The molecule has 324 valence electrons. The van der Waals surface area contributed by atoms with Crippen LogP contribution >= 0.6 is 0 Å². The lowest BCUT2D eigenvalue weighted by Crippen LogP contribution is -2.28. The molecule has 6 rings (SSSR count). The zero-order valence-corrected chi connectivity index (χ0v) is 33.9. The number of benzene rings is 4. The summed E-state index contributed by atoms with van der Waals surface area (Å²) in [7, 11) is -15.0. The van der Waals surface area contributed by atoms with Crippen molar-refractivity contribution >= 4 is 105 Å². The molecule has 2 aliphatic carbocycles. The smallest absolute Gasteiger partial charge is 0.322 e. The number of hydrogen-bond acceptors (Lipinski definition) is 18. The van der Waals surface area contributed by atoms with Crippen LogP contribution in [-0.2, 0) is 39.9 Å². The van der Waals surface area contributed by atoms with Gasteiger partial charge in [-0.25, -0.2) is 0 Å². The minimum absolute atomic E-state index is 0.0109. The molecule has 1 amide bonds. The van der Waals surface area contributed by atoms with Gasteiger partial charge in [0.1, 0.15) is 27.7 Å². The number of allylic oxidation sites excluding steroid dienone is 4. The number of nitrogens with two attached hydrogens (primary N) is 1. The number of rotatable bonds is 14. The Bertz CT molecular complexity index is 3130. The van der Waals surface area contributed by atoms with Crippen molar-refractivity contribution in [2.24, 2.45) is 20.4 Å². The van der Waals surface area contributed by atoms with Gasteiger partial charge in [-0.05, 0) is 103 Å². The molecule has 63 heavy (non-hydrogen) atoms. The Hall–Kier alpha value is -7.75. The van der Waals surface area contributed by atoms with Crippen LogP contribution in [0.1, 0.15) is 26.3 Å². The van der Waals surface area contributed by atoms with E-state index in [0.717, 1.165) is 24.3 Å². The van der Waals surface area contributed by atoms with E-state index >= 15 is 0 Å². The fraction of sp³-hybridized carbons (Fsp3) is 0.0270. The summed E-state index contributed by atoms with van der Waals surface area (Å²) in [5.74, 6) is -3.37. The first-order valence-electron chi connectivity index (χ1n) is 17.3. The van der Waals surface area contributed by atoms with E-state index in [1.54, 1.807) is 24.3 Å². The largest absolute Gasteiger partial charge is 0.480 e. The van der Waals surface area contributed by atoms with Crippen LogP contribution in [0.15, 0.2) is 138 Å². The lowest BCUT2D eigenvalue weighted by atomic mass is 9.92. The summed E-state index contributed by atoms with van der Waals surface area (Å²) in [6.07, 6.45) is 4.78. The zero-order chi connectivity index (χ0) is 45.9. The number of nitrogens with one attached hydrogen (secondary N) is 4. The molecule has 10 N–H and O–H groups in total. The average molecular weight is 920 g/mol. The molecule has 26 heteroatoms. The summed E-state index contributed by atoms with van der Waals surface area (Å²) in [5.41, 5.74) is 9.22. The Kier molecular flexibility index (Phi) is 12.6. The van der Waals surface area contributed by atoms with Gasteiger partial charge in [-0.15, -0.1) is 5.11 Å². The number of ketones is 2. The van der Waals surface area contributed by atoms with Gasteiger partial charge < -0.3 is 21.5 Å². The molecule has 0 radical (unpaired) electrons. The van der Waals surface area contributed by atoms with Gasteiger partial charge in [0, 0.05) is 23.0 Å². The molecule has 0 spiro atoms. The van der Waals surface area contributed by atoms with Gasteiger partial charge in [-0.3, -0.25) is 43.7 Å². The number of nitrogen functional groups attached to an aromatic ring is 1. The number of carbonyl (C=O) groups is 4. The minimum Gasteiger partial charge on any atom is -0.480 e. The molecule has 0 aromatic heterocycles. The van der Waals surface area contributed by atoms with Crippen LogP contribution in [0.2, 0.25) is 0 Å². The Labute approximate surface area is 355 Å². The van der Waals surface area contributed by atoms with Crippen molar-refractivity contribution in [1.82, 2.24) is 5.32 Å². The second kappa shape index (κ2) is 17.7. The number of azo groups is 1. The van der Waals surface area contributed by atoms with Gasteiger partial charge in [0.2, 0.25) is 11.6 Å². The highest BCUT2D eigenvalue weighted by Gasteiger charge is 2.37. The molecule has 0 fully saturated rings. The predicted molar refractivity (Wildman–Crippen MR) is 226 cm³/mol. The monoisotopic (exact) mass is 919 g/mol. The first kappa shape index (κ1) is 44.8. The molecule has 0 heterocycles. The maximum atomic E-state index is 13.7. The van der Waals surface area contributed by atoms with E-state index in [0.29, 0.717) is 29.2 Å². The van der Waals surface area contributed by atoms with Crippen molar-refractivity contribution in [3.8, 4) is 0 Å². The maximum absolute atomic E-state index is 13.7. The zero-order valence-electron chi connectivity index (χ0n) is 31.5. The Morgan fingerprint density at radius 2 is 1.30 bits per heavy atom. The number of carbonyl (C=O) groups excluding carboxylic acids is 3. The van der Waals surface area contributed by atoms with Crippen LogP contribution in [0.3, 0.4) is 0 Å². The van der Waals surface area contributed by atoms with Crippen molar-refractivity contribution in [3.63, 3.8) is 0 Å². The van der Waals surface area contributed by atoms with Crippen LogP contribution in [0.25, 0.3) is 6.08 Å². The molecular formula is C37H29N9O14S3. The van der Waals surface area contributed by atoms with E-state index in [9.17, 15) is 58.1 Å².